The fraction of sp³-hybridized carbons (Fsp3) is 0.562. The fourth-order valence-electron chi connectivity index (χ4n) is 2.20. The molecule has 0 bridgehead atoms. The van der Waals surface area contributed by atoms with Crippen LogP contribution in [0.5, 0.6) is 0 Å². The van der Waals surface area contributed by atoms with E-state index in [1.165, 1.54) is 12.1 Å². The van der Waals surface area contributed by atoms with Gasteiger partial charge in [0.15, 0.2) is 0 Å². The van der Waals surface area contributed by atoms with E-state index in [1.807, 2.05) is 13.8 Å². The normalized spacial score (nSPS) is 17.2. The first-order valence-electron chi connectivity index (χ1n) is 7.60. The number of benzene rings is 1. The molecular weight excluding hydrogens is 300 g/mol. The molecule has 0 atom stereocenters. The van der Waals surface area contributed by atoms with Crippen LogP contribution in [0, 0.1) is 5.82 Å². The molecule has 5 nitrogen and oxygen atoms in total. The van der Waals surface area contributed by atoms with Gasteiger partial charge in [0.2, 0.25) is 0 Å². The lowest BCUT2D eigenvalue weighted by Crippen LogP contribution is -2.36. The van der Waals surface area contributed by atoms with Gasteiger partial charge in [-0.25, -0.2) is 9.18 Å². The summed E-state index contributed by atoms with van der Waals surface area (Å²) in [5.41, 5.74) is 0.236. The third kappa shape index (κ3) is 5.51. The molecule has 1 N–H and O–H groups in total. The van der Waals surface area contributed by atoms with Crippen molar-refractivity contribution >= 4 is 18.7 Å². The summed E-state index contributed by atoms with van der Waals surface area (Å²) in [6, 6.07) is 4.50. The lowest BCUT2D eigenvalue weighted by Gasteiger charge is -2.19. The first kappa shape index (κ1) is 17.8. The number of amides is 1. The maximum absolute atomic E-state index is 13.8. The number of rotatable bonds is 3. The van der Waals surface area contributed by atoms with E-state index in [2.05, 4.69) is 5.32 Å². The number of hydrogen-bond donors (Lipinski definition) is 1. The minimum Gasteiger partial charge on any atom is -0.444 e. The molecule has 1 amide bonds. The van der Waals surface area contributed by atoms with Crippen LogP contribution in [0.25, 0.3) is 0 Å². The summed E-state index contributed by atoms with van der Waals surface area (Å²) >= 11 is 0. The molecule has 1 aliphatic rings. The second-order valence-corrected chi connectivity index (χ2v) is 7.27. The van der Waals surface area contributed by atoms with Crippen LogP contribution in [0.2, 0.25) is 0 Å². The first-order valence-corrected chi connectivity index (χ1v) is 7.60. The molecule has 1 aromatic carbocycles. The molecule has 0 aromatic heterocycles. The van der Waals surface area contributed by atoms with Gasteiger partial charge < -0.3 is 19.4 Å². The van der Waals surface area contributed by atoms with Gasteiger partial charge in [0.1, 0.15) is 11.4 Å². The van der Waals surface area contributed by atoms with E-state index in [-0.39, 0.29) is 6.54 Å². The van der Waals surface area contributed by atoms with Crippen molar-refractivity contribution in [1.82, 2.24) is 5.32 Å². The highest BCUT2D eigenvalue weighted by Gasteiger charge is 2.38. The van der Waals surface area contributed by atoms with Crippen molar-refractivity contribution in [2.75, 3.05) is 6.61 Å². The van der Waals surface area contributed by atoms with Crippen LogP contribution in [0.3, 0.4) is 0 Å². The molecule has 0 spiro atoms. The van der Waals surface area contributed by atoms with Crippen molar-refractivity contribution in [3.8, 4) is 0 Å². The van der Waals surface area contributed by atoms with Crippen LogP contribution < -0.4 is 10.8 Å². The van der Waals surface area contributed by atoms with Gasteiger partial charge in [0.25, 0.3) is 0 Å². The van der Waals surface area contributed by atoms with Crippen LogP contribution in [-0.4, -0.2) is 31.0 Å². The van der Waals surface area contributed by atoms with Gasteiger partial charge in [-0.3, -0.25) is 0 Å². The Balaban J connectivity index is 2.02. The summed E-state index contributed by atoms with van der Waals surface area (Å²) in [6.45, 7) is 9.78. The molecule has 0 aliphatic carbocycles. The number of hydrogen-bond acceptors (Lipinski definition) is 4. The smallest absolute Gasteiger partial charge is 0.444 e. The number of halogens is 1. The Morgan fingerprint density at radius 2 is 2.09 bits per heavy atom. The Kier molecular flexibility index (Phi) is 5.01. The summed E-state index contributed by atoms with van der Waals surface area (Å²) < 4.78 is 30.3. The number of carbonyl (C=O) groups excluding carboxylic acids is 1. The van der Waals surface area contributed by atoms with E-state index in [4.69, 9.17) is 14.0 Å². The Morgan fingerprint density at radius 1 is 1.39 bits per heavy atom. The topological polar surface area (TPSA) is 56.8 Å². The van der Waals surface area contributed by atoms with Gasteiger partial charge in [-0.1, -0.05) is 6.07 Å². The SMILES string of the molecule is CC(C)(C)OC(=O)NCc1cc(F)cc(B2OCC(C)(C)O2)c1. The zero-order valence-electron chi connectivity index (χ0n) is 14.2. The standard InChI is InChI=1S/C16H23BFNO4/c1-15(2,3)22-14(20)19-9-11-6-12(8-13(18)7-11)17-21-10-16(4,5)23-17/h6-8H,9-10H2,1-5H3,(H,19,20). The highest BCUT2D eigenvalue weighted by atomic mass is 19.1. The van der Waals surface area contributed by atoms with Crippen LogP contribution in [0.15, 0.2) is 18.2 Å². The third-order valence-electron chi connectivity index (χ3n) is 3.10. The van der Waals surface area contributed by atoms with E-state index >= 15 is 0 Å². The van der Waals surface area contributed by atoms with Crippen molar-refractivity contribution in [2.45, 2.75) is 52.4 Å². The minimum absolute atomic E-state index is 0.162. The van der Waals surface area contributed by atoms with Crippen molar-refractivity contribution in [1.29, 1.82) is 0 Å². The highest BCUT2D eigenvalue weighted by molar-refractivity contribution is 6.61. The molecule has 1 aromatic rings. The van der Waals surface area contributed by atoms with Gasteiger partial charge in [-0.15, -0.1) is 0 Å². The number of ether oxygens (including phenoxy) is 1. The molecule has 1 aliphatic heterocycles. The van der Waals surface area contributed by atoms with Crippen LogP contribution in [0.4, 0.5) is 9.18 Å². The molecule has 1 fully saturated rings. The zero-order valence-corrected chi connectivity index (χ0v) is 14.2. The first-order chi connectivity index (χ1) is 10.5. The average Bonchev–Trinajstić information content (AvgIpc) is 2.74. The van der Waals surface area contributed by atoms with E-state index in [0.29, 0.717) is 17.6 Å². The third-order valence-corrected chi connectivity index (χ3v) is 3.10. The summed E-state index contributed by atoms with van der Waals surface area (Å²) in [5.74, 6) is -0.402. The van der Waals surface area contributed by atoms with Gasteiger partial charge in [0, 0.05) is 6.54 Å². The number of carbonyl (C=O) groups is 1. The fourth-order valence-corrected chi connectivity index (χ4v) is 2.20. The minimum atomic E-state index is -0.596. The summed E-state index contributed by atoms with van der Waals surface area (Å²) in [4.78, 5) is 11.7. The highest BCUT2D eigenvalue weighted by Crippen LogP contribution is 2.20. The monoisotopic (exact) mass is 323 g/mol. The van der Waals surface area contributed by atoms with E-state index < -0.39 is 30.2 Å². The second-order valence-electron chi connectivity index (χ2n) is 7.27. The number of nitrogens with one attached hydrogen (secondary N) is 1. The maximum Gasteiger partial charge on any atom is 0.494 e. The molecule has 7 heteroatoms. The van der Waals surface area contributed by atoms with E-state index in [9.17, 15) is 9.18 Å². The predicted molar refractivity (Wildman–Crippen MR) is 86.0 cm³/mol. The number of alkyl carbamates (subject to hydrolysis) is 1. The quantitative estimate of drug-likeness (QED) is 0.868. The van der Waals surface area contributed by atoms with Crippen LogP contribution in [-0.2, 0) is 20.6 Å². The van der Waals surface area contributed by atoms with Gasteiger partial charge in [-0.2, -0.15) is 0 Å². The van der Waals surface area contributed by atoms with Crippen LogP contribution >= 0.6 is 0 Å². The van der Waals surface area contributed by atoms with Crippen molar-refractivity contribution in [3.63, 3.8) is 0 Å². The Labute approximate surface area is 136 Å². The van der Waals surface area contributed by atoms with Gasteiger partial charge >= 0.3 is 13.2 Å². The second kappa shape index (κ2) is 6.49. The van der Waals surface area contributed by atoms with Crippen molar-refractivity contribution in [2.24, 2.45) is 0 Å². The molecule has 1 saturated heterocycles. The summed E-state index contributed by atoms with van der Waals surface area (Å²) in [6.07, 6.45) is -0.544. The van der Waals surface area contributed by atoms with Gasteiger partial charge in [-0.05, 0) is 57.8 Å². The predicted octanol–water partition coefficient (Wildman–Crippen LogP) is 2.37. The van der Waals surface area contributed by atoms with Crippen molar-refractivity contribution < 1.29 is 23.2 Å². The van der Waals surface area contributed by atoms with E-state index in [0.717, 1.165) is 0 Å². The summed E-state index contributed by atoms with van der Waals surface area (Å²) in [5, 5.41) is 2.61. The lowest BCUT2D eigenvalue weighted by atomic mass is 9.78. The van der Waals surface area contributed by atoms with Crippen LogP contribution in [0.1, 0.15) is 40.2 Å². The lowest BCUT2D eigenvalue weighted by molar-refractivity contribution is 0.0523. The Bertz CT molecular complexity index is 586. The molecule has 1 heterocycles. The molecule has 0 radical (unpaired) electrons. The molecule has 23 heavy (non-hydrogen) atoms. The zero-order chi connectivity index (χ0) is 17.3. The molecule has 0 saturated carbocycles. The Morgan fingerprint density at radius 3 is 2.65 bits per heavy atom. The maximum atomic E-state index is 13.8. The molecule has 126 valence electrons. The Hall–Kier alpha value is -1.60. The molecule has 0 unspecified atom stereocenters. The largest absolute Gasteiger partial charge is 0.494 e. The van der Waals surface area contributed by atoms with Crippen molar-refractivity contribution in [3.05, 3.63) is 29.6 Å². The molecule has 2 rings (SSSR count). The average molecular weight is 323 g/mol. The molecular formula is C16H23BFNO4. The van der Waals surface area contributed by atoms with E-state index in [1.54, 1.807) is 26.8 Å². The summed E-state index contributed by atoms with van der Waals surface area (Å²) in [7, 11) is -0.596. The van der Waals surface area contributed by atoms with Gasteiger partial charge in [0.05, 0.1) is 12.2 Å².